The van der Waals surface area contributed by atoms with Gasteiger partial charge in [0.1, 0.15) is 0 Å². The topological polar surface area (TPSA) is 49.3 Å². The molecule has 0 aliphatic heterocycles. The Labute approximate surface area is 106 Å². The van der Waals surface area contributed by atoms with Crippen LogP contribution >= 0.6 is 0 Å². The number of aliphatic carboxylic acids is 1. The molecule has 0 rings (SSSR count). The molecule has 0 heterocycles. The molecule has 3 nitrogen and oxygen atoms in total. The largest absolute Gasteiger partial charge is 0.481 e. The summed E-state index contributed by atoms with van der Waals surface area (Å²) in [6.07, 6.45) is 7.30. The maximum absolute atomic E-state index is 10.6. The van der Waals surface area contributed by atoms with Gasteiger partial charge in [0.15, 0.2) is 0 Å². The predicted octanol–water partition coefficient (Wildman–Crippen LogP) is 3.29. The third-order valence-corrected chi connectivity index (χ3v) is 3.22. The summed E-state index contributed by atoms with van der Waals surface area (Å²) in [5, 5.41) is 12.1. The van der Waals surface area contributed by atoms with Crippen molar-refractivity contribution in [1.29, 1.82) is 0 Å². The summed E-state index contributed by atoms with van der Waals surface area (Å²) in [4.78, 5) is 10.6. The van der Waals surface area contributed by atoms with E-state index in [1.807, 2.05) is 0 Å². The molecule has 0 aliphatic carbocycles. The molecule has 3 heteroatoms. The smallest absolute Gasteiger partial charge is 0.306 e. The van der Waals surface area contributed by atoms with Crippen LogP contribution < -0.4 is 5.32 Å². The maximum Gasteiger partial charge on any atom is 0.306 e. The lowest BCUT2D eigenvalue weighted by molar-refractivity contribution is -0.141. The molecule has 0 fully saturated rings. The Morgan fingerprint density at radius 1 is 1.18 bits per heavy atom. The van der Waals surface area contributed by atoms with E-state index < -0.39 is 5.97 Å². The van der Waals surface area contributed by atoms with Crippen LogP contribution in [-0.2, 0) is 4.79 Å². The zero-order valence-electron chi connectivity index (χ0n) is 11.7. The molecule has 0 spiro atoms. The number of nitrogens with one attached hydrogen (secondary N) is 1. The summed E-state index contributed by atoms with van der Waals surface area (Å²) in [6, 6.07) is 0. The van der Waals surface area contributed by atoms with E-state index >= 15 is 0 Å². The molecule has 0 radical (unpaired) electrons. The van der Waals surface area contributed by atoms with Crippen molar-refractivity contribution in [3.8, 4) is 0 Å². The molecule has 2 atom stereocenters. The average Bonchev–Trinajstić information content (AvgIpc) is 2.29. The Hall–Kier alpha value is -0.570. The number of hydrogen-bond acceptors (Lipinski definition) is 2. The van der Waals surface area contributed by atoms with E-state index in [9.17, 15) is 4.79 Å². The molecule has 0 unspecified atom stereocenters. The van der Waals surface area contributed by atoms with Gasteiger partial charge >= 0.3 is 5.97 Å². The van der Waals surface area contributed by atoms with Gasteiger partial charge in [-0.2, -0.15) is 0 Å². The minimum absolute atomic E-state index is 0.234. The number of carboxylic acids is 1. The Morgan fingerprint density at radius 3 is 2.47 bits per heavy atom. The van der Waals surface area contributed by atoms with Gasteiger partial charge in [0, 0.05) is 0 Å². The van der Waals surface area contributed by atoms with E-state index in [2.05, 4.69) is 19.2 Å². The fourth-order valence-corrected chi connectivity index (χ4v) is 1.81. The van der Waals surface area contributed by atoms with Crippen molar-refractivity contribution in [3.63, 3.8) is 0 Å². The Bertz CT molecular complexity index is 195. The normalized spacial score (nSPS) is 14.5. The lowest BCUT2D eigenvalue weighted by Gasteiger charge is -2.13. The first-order chi connectivity index (χ1) is 8.07. The van der Waals surface area contributed by atoms with Crippen LogP contribution in [0.15, 0.2) is 0 Å². The van der Waals surface area contributed by atoms with E-state index in [0.29, 0.717) is 5.92 Å². The van der Waals surface area contributed by atoms with Gasteiger partial charge in [-0.25, -0.2) is 0 Å². The van der Waals surface area contributed by atoms with E-state index in [1.54, 1.807) is 6.92 Å². The summed E-state index contributed by atoms with van der Waals surface area (Å²) in [5.41, 5.74) is 0. The monoisotopic (exact) mass is 243 g/mol. The van der Waals surface area contributed by atoms with Crippen molar-refractivity contribution in [2.75, 3.05) is 13.1 Å². The first-order valence-corrected chi connectivity index (χ1v) is 7.01. The highest BCUT2D eigenvalue weighted by Crippen LogP contribution is 2.09. The first-order valence-electron chi connectivity index (χ1n) is 7.01. The van der Waals surface area contributed by atoms with E-state index in [0.717, 1.165) is 19.5 Å². The van der Waals surface area contributed by atoms with Crippen molar-refractivity contribution in [2.45, 2.75) is 59.3 Å². The number of unbranched alkanes of at least 4 members (excludes halogenated alkanes) is 3. The van der Waals surface area contributed by atoms with Crippen LogP contribution in [0.4, 0.5) is 0 Å². The number of rotatable bonds is 11. The summed E-state index contributed by atoms with van der Waals surface area (Å²) in [6.45, 7) is 8.08. The standard InChI is InChI=1S/C14H29NO2/c1-4-5-6-7-8-12(2)11-15-10-9-13(3)14(16)17/h12-13,15H,4-11H2,1-3H3,(H,16,17)/t12-,13-/m0/s1. The van der Waals surface area contributed by atoms with Crippen LogP contribution in [0, 0.1) is 11.8 Å². The van der Waals surface area contributed by atoms with Crippen molar-refractivity contribution in [2.24, 2.45) is 11.8 Å². The van der Waals surface area contributed by atoms with Crippen molar-refractivity contribution >= 4 is 5.97 Å². The Morgan fingerprint density at radius 2 is 1.88 bits per heavy atom. The fraction of sp³-hybridized carbons (Fsp3) is 0.929. The van der Waals surface area contributed by atoms with Gasteiger partial charge < -0.3 is 10.4 Å². The highest BCUT2D eigenvalue weighted by molar-refractivity contribution is 5.69. The molecule has 0 amide bonds. The first kappa shape index (κ1) is 16.4. The lowest BCUT2D eigenvalue weighted by atomic mass is 10.0. The molecule has 0 bridgehead atoms. The third-order valence-electron chi connectivity index (χ3n) is 3.22. The second-order valence-corrected chi connectivity index (χ2v) is 5.19. The van der Waals surface area contributed by atoms with Gasteiger partial charge in [-0.15, -0.1) is 0 Å². The molecule has 102 valence electrons. The summed E-state index contributed by atoms with van der Waals surface area (Å²) in [5.74, 6) is -0.228. The zero-order valence-corrected chi connectivity index (χ0v) is 11.7. The SMILES string of the molecule is CCCCCC[C@H](C)CNCC[C@H](C)C(=O)O. The van der Waals surface area contributed by atoms with Crippen molar-refractivity contribution in [1.82, 2.24) is 5.32 Å². The van der Waals surface area contributed by atoms with Crippen LogP contribution in [0.5, 0.6) is 0 Å². The average molecular weight is 243 g/mol. The summed E-state index contributed by atoms with van der Waals surface area (Å²) in [7, 11) is 0. The maximum atomic E-state index is 10.6. The lowest BCUT2D eigenvalue weighted by Crippen LogP contribution is -2.25. The highest BCUT2D eigenvalue weighted by Gasteiger charge is 2.09. The summed E-state index contributed by atoms with van der Waals surface area (Å²) < 4.78 is 0. The van der Waals surface area contributed by atoms with Gasteiger partial charge in [0.05, 0.1) is 5.92 Å². The molecule has 0 aromatic carbocycles. The minimum Gasteiger partial charge on any atom is -0.481 e. The van der Waals surface area contributed by atoms with Crippen molar-refractivity contribution < 1.29 is 9.90 Å². The Balaban J connectivity index is 3.32. The van der Waals surface area contributed by atoms with Crippen LogP contribution in [0.2, 0.25) is 0 Å². The van der Waals surface area contributed by atoms with E-state index in [-0.39, 0.29) is 5.92 Å². The molecule has 0 saturated heterocycles. The third kappa shape index (κ3) is 10.3. The van der Waals surface area contributed by atoms with Crippen LogP contribution in [0.3, 0.4) is 0 Å². The molecular weight excluding hydrogens is 214 g/mol. The number of carboxylic acid groups (broad SMARTS) is 1. The van der Waals surface area contributed by atoms with Gasteiger partial charge in [0.25, 0.3) is 0 Å². The molecule has 0 aromatic rings. The molecular formula is C14H29NO2. The number of carbonyl (C=O) groups is 1. The van der Waals surface area contributed by atoms with Crippen LogP contribution in [-0.4, -0.2) is 24.2 Å². The quantitative estimate of drug-likeness (QED) is 0.547. The van der Waals surface area contributed by atoms with Gasteiger partial charge in [-0.3, -0.25) is 4.79 Å². The van der Waals surface area contributed by atoms with E-state index in [1.165, 1.54) is 32.1 Å². The zero-order chi connectivity index (χ0) is 13.1. The molecule has 0 aromatic heterocycles. The minimum atomic E-state index is -0.695. The predicted molar refractivity (Wildman–Crippen MR) is 72.2 cm³/mol. The second kappa shape index (κ2) is 10.6. The summed E-state index contributed by atoms with van der Waals surface area (Å²) >= 11 is 0. The fourth-order valence-electron chi connectivity index (χ4n) is 1.81. The molecule has 2 N–H and O–H groups in total. The second-order valence-electron chi connectivity index (χ2n) is 5.19. The van der Waals surface area contributed by atoms with Gasteiger partial charge in [0.2, 0.25) is 0 Å². The molecule has 0 aliphatic rings. The highest BCUT2D eigenvalue weighted by atomic mass is 16.4. The van der Waals surface area contributed by atoms with Gasteiger partial charge in [-0.1, -0.05) is 46.5 Å². The molecule has 0 saturated carbocycles. The number of hydrogen-bond donors (Lipinski definition) is 2. The van der Waals surface area contributed by atoms with Crippen molar-refractivity contribution in [3.05, 3.63) is 0 Å². The molecule has 17 heavy (non-hydrogen) atoms. The van der Waals surface area contributed by atoms with Gasteiger partial charge in [-0.05, 0) is 31.8 Å². The van der Waals surface area contributed by atoms with Crippen LogP contribution in [0.25, 0.3) is 0 Å². The van der Waals surface area contributed by atoms with Crippen LogP contribution in [0.1, 0.15) is 59.3 Å². The Kier molecular flexibility index (Phi) is 10.2. The van der Waals surface area contributed by atoms with E-state index in [4.69, 9.17) is 5.11 Å².